The maximum atomic E-state index is 15.1. The van der Waals surface area contributed by atoms with Gasteiger partial charge in [-0.3, -0.25) is 4.98 Å². The predicted octanol–water partition coefficient (Wildman–Crippen LogP) is 11.5. The van der Waals surface area contributed by atoms with E-state index in [-0.39, 0.29) is 17.2 Å². The zero-order valence-electron chi connectivity index (χ0n) is 25.2. The molecule has 48 heavy (non-hydrogen) atoms. The van der Waals surface area contributed by atoms with Crippen molar-refractivity contribution in [3.8, 4) is 39.3 Å². The Morgan fingerprint density at radius 3 is 1.79 bits per heavy atom. The number of unbranched alkanes of at least 4 members (excludes halogenated alkanes) is 2. The summed E-state index contributed by atoms with van der Waals surface area (Å²) < 4.78 is 133. The third kappa shape index (κ3) is 7.90. The summed E-state index contributed by atoms with van der Waals surface area (Å²) in [5.41, 5.74) is 0.00909. The van der Waals surface area contributed by atoms with Gasteiger partial charge in [0.2, 0.25) is 0 Å². The van der Waals surface area contributed by atoms with Crippen LogP contribution in [0.15, 0.2) is 85.1 Å². The molecule has 0 N–H and O–H groups in total. The van der Waals surface area contributed by atoms with E-state index in [0.29, 0.717) is 35.5 Å². The fourth-order valence-corrected chi connectivity index (χ4v) is 5.01. The summed E-state index contributed by atoms with van der Waals surface area (Å²) in [6.45, 7) is 2.11. The third-order valence-corrected chi connectivity index (χ3v) is 7.48. The lowest BCUT2D eigenvalue weighted by Crippen LogP contribution is -2.21. The van der Waals surface area contributed by atoms with E-state index in [2.05, 4.69) is 16.6 Å². The Bertz CT molecular complexity index is 1930. The van der Waals surface area contributed by atoms with Gasteiger partial charge in [-0.05, 0) is 84.1 Å². The molecule has 0 radical (unpaired) electrons. The first-order valence-corrected chi connectivity index (χ1v) is 14.8. The molecule has 248 valence electrons. The number of benzene rings is 4. The second-order valence-corrected chi connectivity index (χ2v) is 10.9. The Balaban J connectivity index is 1.30. The van der Waals surface area contributed by atoms with Gasteiger partial charge in [0.05, 0.1) is 5.69 Å². The molecule has 0 aliphatic rings. The molecule has 0 atom stereocenters. The first-order valence-electron chi connectivity index (χ1n) is 14.8. The second kappa shape index (κ2) is 14.4. The molecule has 0 saturated heterocycles. The van der Waals surface area contributed by atoms with Crippen LogP contribution in [0.3, 0.4) is 0 Å². The molecule has 0 aliphatic heterocycles. The number of halogens is 9. The highest BCUT2D eigenvalue weighted by Crippen LogP contribution is 2.33. The van der Waals surface area contributed by atoms with E-state index in [1.54, 1.807) is 18.3 Å². The monoisotopic (exact) mass is 671 g/mol. The summed E-state index contributed by atoms with van der Waals surface area (Å²) in [6.07, 6.45) is 2.07. The topological polar surface area (TPSA) is 22.1 Å². The summed E-state index contributed by atoms with van der Waals surface area (Å²) in [7, 11) is 0. The van der Waals surface area contributed by atoms with E-state index >= 15 is 4.39 Å². The van der Waals surface area contributed by atoms with Crippen molar-refractivity contribution in [3.63, 3.8) is 0 Å². The zero-order chi connectivity index (χ0) is 34.6. The molecule has 4 aromatic carbocycles. The van der Waals surface area contributed by atoms with Crippen LogP contribution < -0.4 is 4.74 Å². The van der Waals surface area contributed by atoms with Crippen LogP contribution >= 0.6 is 0 Å². The largest absolute Gasteiger partial charge is 0.429 e. The predicted molar refractivity (Wildman–Crippen MR) is 165 cm³/mol. The first kappa shape index (κ1) is 34.3. The normalized spacial score (nSPS) is 11.8. The number of alkyl halides is 2. The standard InChI is InChI=1S/C37H26F9NO/c1-2-3-4-5-21-6-11-35(47-20-21)22-7-9-26(29(38)14-22)23-15-30(39)28(31(40)16-23)12-13-37(45,46)48-25-8-10-27(32(41)19-25)24-17-33(42)36(44)34(43)18-24/h6-20H,2-5H2,1H3/b13-12+. The molecule has 0 unspecified atom stereocenters. The molecule has 1 aromatic heterocycles. The molecule has 0 aliphatic carbocycles. The molecule has 5 rings (SSSR count). The Labute approximate surface area is 270 Å². The van der Waals surface area contributed by atoms with E-state index in [4.69, 9.17) is 0 Å². The maximum absolute atomic E-state index is 15.1. The number of nitrogens with zero attached hydrogens (tertiary/aromatic N) is 1. The van der Waals surface area contributed by atoms with Crippen LogP contribution in [0.1, 0.15) is 37.3 Å². The molecule has 0 spiro atoms. The van der Waals surface area contributed by atoms with Crippen LogP contribution in [0.4, 0.5) is 39.5 Å². The van der Waals surface area contributed by atoms with Crippen molar-refractivity contribution in [2.45, 2.75) is 38.7 Å². The Kier molecular flexibility index (Phi) is 10.3. The lowest BCUT2D eigenvalue weighted by atomic mass is 9.99. The minimum atomic E-state index is -4.21. The van der Waals surface area contributed by atoms with Crippen molar-refractivity contribution >= 4 is 6.08 Å². The van der Waals surface area contributed by atoms with Crippen molar-refractivity contribution in [1.29, 1.82) is 0 Å². The maximum Gasteiger partial charge on any atom is 0.419 e. The van der Waals surface area contributed by atoms with Crippen molar-refractivity contribution in [1.82, 2.24) is 4.98 Å². The number of hydrogen-bond donors (Lipinski definition) is 0. The van der Waals surface area contributed by atoms with Gasteiger partial charge in [0.25, 0.3) is 0 Å². The number of rotatable bonds is 11. The number of hydrogen-bond acceptors (Lipinski definition) is 2. The van der Waals surface area contributed by atoms with E-state index in [1.165, 1.54) is 12.1 Å². The van der Waals surface area contributed by atoms with Crippen LogP contribution in [0.25, 0.3) is 39.6 Å². The van der Waals surface area contributed by atoms with E-state index in [1.807, 2.05) is 6.07 Å². The molecule has 5 aromatic rings. The van der Waals surface area contributed by atoms with Crippen molar-refractivity contribution in [2.75, 3.05) is 0 Å². The number of aromatic nitrogens is 1. The molecular weight excluding hydrogens is 645 g/mol. The minimum absolute atomic E-state index is 0.0299. The summed E-state index contributed by atoms with van der Waals surface area (Å²) in [5, 5.41) is 0. The SMILES string of the molecule is CCCCCc1ccc(-c2ccc(-c3cc(F)c(/C=C/C(F)(F)Oc4ccc(-c5cc(F)c(F)c(F)c5)c(F)c4)c(F)c3)c(F)c2)nc1. The lowest BCUT2D eigenvalue weighted by molar-refractivity contribution is -0.131. The summed E-state index contributed by atoms with van der Waals surface area (Å²) in [4.78, 5) is 4.39. The molecule has 0 fully saturated rings. The van der Waals surface area contributed by atoms with Gasteiger partial charge in [-0.15, -0.1) is 0 Å². The average Bonchev–Trinajstić information content (AvgIpc) is 3.03. The summed E-state index contributed by atoms with van der Waals surface area (Å²) in [6, 6.07) is 12.6. The highest BCUT2D eigenvalue weighted by Gasteiger charge is 2.29. The van der Waals surface area contributed by atoms with Crippen molar-refractivity contribution in [3.05, 3.63) is 137 Å². The number of ether oxygens (including phenoxy) is 1. The molecule has 0 bridgehead atoms. The van der Waals surface area contributed by atoms with Crippen molar-refractivity contribution < 1.29 is 44.3 Å². The summed E-state index contributed by atoms with van der Waals surface area (Å²) >= 11 is 0. The first-order chi connectivity index (χ1) is 22.8. The van der Waals surface area contributed by atoms with Gasteiger partial charge in [-0.25, -0.2) is 30.7 Å². The third-order valence-electron chi connectivity index (χ3n) is 7.48. The van der Waals surface area contributed by atoms with Crippen LogP contribution in [0, 0.1) is 40.7 Å². The fraction of sp³-hybridized carbons (Fsp3) is 0.162. The van der Waals surface area contributed by atoms with E-state index in [0.717, 1.165) is 55.5 Å². The average molecular weight is 672 g/mol. The molecule has 1 heterocycles. The van der Waals surface area contributed by atoms with Crippen LogP contribution in [-0.2, 0) is 6.42 Å². The smallest absolute Gasteiger partial charge is 0.419 e. The highest BCUT2D eigenvalue weighted by atomic mass is 19.3. The summed E-state index contributed by atoms with van der Waals surface area (Å²) in [5.74, 6) is -10.2. The van der Waals surface area contributed by atoms with Crippen LogP contribution in [0.5, 0.6) is 5.75 Å². The molecular formula is C37H26F9NO. The lowest BCUT2D eigenvalue weighted by Gasteiger charge is -2.15. The molecule has 11 heteroatoms. The van der Waals surface area contributed by atoms with Gasteiger partial charge in [0, 0.05) is 40.6 Å². The minimum Gasteiger partial charge on any atom is -0.429 e. The Morgan fingerprint density at radius 2 is 1.23 bits per heavy atom. The number of pyridine rings is 1. The van der Waals surface area contributed by atoms with Gasteiger partial charge in [-0.1, -0.05) is 38.0 Å². The Morgan fingerprint density at radius 1 is 0.646 bits per heavy atom. The quantitative estimate of drug-likeness (QED) is 0.0792. The van der Waals surface area contributed by atoms with Crippen molar-refractivity contribution in [2.24, 2.45) is 0 Å². The van der Waals surface area contributed by atoms with Gasteiger partial charge < -0.3 is 4.74 Å². The van der Waals surface area contributed by atoms with Crippen LogP contribution in [0.2, 0.25) is 0 Å². The molecule has 0 amide bonds. The molecule has 0 saturated carbocycles. The van der Waals surface area contributed by atoms with E-state index in [9.17, 15) is 35.1 Å². The number of aryl methyl sites for hydroxylation is 1. The van der Waals surface area contributed by atoms with Gasteiger partial charge in [0.15, 0.2) is 17.5 Å². The van der Waals surface area contributed by atoms with Gasteiger partial charge in [-0.2, -0.15) is 8.78 Å². The Hall–Kier alpha value is -5.06. The van der Waals surface area contributed by atoms with Gasteiger partial charge in [0.1, 0.15) is 29.0 Å². The zero-order valence-corrected chi connectivity index (χ0v) is 25.2. The van der Waals surface area contributed by atoms with E-state index < -0.39 is 69.3 Å². The highest BCUT2D eigenvalue weighted by molar-refractivity contribution is 5.71. The van der Waals surface area contributed by atoms with Gasteiger partial charge >= 0.3 is 6.11 Å². The molecule has 2 nitrogen and oxygen atoms in total. The van der Waals surface area contributed by atoms with Crippen LogP contribution in [-0.4, -0.2) is 11.1 Å². The second-order valence-electron chi connectivity index (χ2n) is 10.9. The fourth-order valence-electron chi connectivity index (χ4n) is 5.01.